The summed E-state index contributed by atoms with van der Waals surface area (Å²) in [6, 6.07) is 10.9. The van der Waals surface area contributed by atoms with Crippen LogP contribution >= 0.6 is 0 Å². The molecule has 0 saturated carbocycles. The second-order valence-electron chi connectivity index (χ2n) is 8.72. The van der Waals surface area contributed by atoms with E-state index in [-0.39, 0.29) is 24.9 Å². The van der Waals surface area contributed by atoms with Gasteiger partial charge in [-0.15, -0.1) is 0 Å². The Labute approximate surface area is 197 Å². The Morgan fingerprint density at radius 3 is 2.56 bits per heavy atom. The van der Waals surface area contributed by atoms with Crippen LogP contribution in [-0.2, 0) is 11.2 Å². The molecule has 0 bridgehead atoms. The third-order valence-corrected chi connectivity index (χ3v) is 6.31. The standard InChI is InChI=1S/C25H27N5O4/c1-15-23(22(33)14-29-8-6-19(31)7-9-29)24-20(10-17(13-28-24)11-21(32)25(27)34)30(15)18-4-2-16(12-26)3-5-18/h2-5,10,13,19,21,31-32H,6-9,11,14H2,1H3,(H2,27,34). The van der Waals surface area contributed by atoms with E-state index in [0.29, 0.717) is 59.3 Å². The van der Waals surface area contributed by atoms with Gasteiger partial charge in [-0.3, -0.25) is 19.5 Å². The van der Waals surface area contributed by atoms with Crippen LogP contribution in [0, 0.1) is 18.3 Å². The molecule has 3 aromatic rings. The molecule has 2 aromatic heterocycles. The third-order valence-electron chi connectivity index (χ3n) is 6.31. The first kappa shape index (κ1) is 23.6. The third kappa shape index (κ3) is 4.70. The normalized spacial score (nSPS) is 15.8. The van der Waals surface area contributed by atoms with Gasteiger partial charge in [0.25, 0.3) is 0 Å². The van der Waals surface area contributed by atoms with Gasteiger partial charge in [-0.25, -0.2) is 0 Å². The summed E-state index contributed by atoms with van der Waals surface area (Å²) in [5.41, 5.74) is 9.50. The molecule has 4 N–H and O–H groups in total. The fourth-order valence-corrected chi connectivity index (χ4v) is 4.47. The van der Waals surface area contributed by atoms with Gasteiger partial charge in [0.05, 0.1) is 40.9 Å². The predicted octanol–water partition coefficient (Wildman–Crippen LogP) is 1.23. The Morgan fingerprint density at radius 1 is 1.26 bits per heavy atom. The quantitative estimate of drug-likeness (QED) is 0.449. The number of rotatable bonds is 7. The van der Waals surface area contributed by atoms with Crippen LogP contribution in [0.15, 0.2) is 36.5 Å². The van der Waals surface area contributed by atoms with Gasteiger partial charge in [-0.05, 0) is 55.7 Å². The molecule has 1 fully saturated rings. The summed E-state index contributed by atoms with van der Waals surface area (Å²) < 4.78 is 1.90. The van der Waals surface area contributed by atoms with Crippen molar-refractivity contribution in [3.8, 4) is 11.8 Å². The van der Waals surface area contributed by atoms with Gasteiger partial charge >= 0.3 is 0 Å². The topological polar surface area (TPSA) is 145 Å². The molecule has 4 rings (SSSR count). The van der Waals surface area contributed by atoms with Crippen LogP contribution < -0.4 is 5.73 Å². The van der Waals surface area contributed by atoms with Crippen molar-refractivity contribution in [1.29, 1.82) is 5.26 Å². The number of ketones is 1. The van der Waals surface area contributed by atoms with E-state index in [9.17, 15) is 19.8 Å². The molecule has 3 heterocycles. The van der Waals surface area contributed by atoms with E-state index in [0.717, 1.165) is 5.69 Å². The van der Waals surface area contributed by atoms with Gasteiger partial charge in [0.15, 0.2) is 5.78 Å². The molecule has 1 amide bonds. The number of nitrogens with two attached hydrogens (primary N) is 1. The highest BCUT2D eigenvalue weighted by Crippen LogP contribution is 2.30. The van der Waals surface area contributed by atoms with Crippen molar-refractivity contribution in [1.82, 2.24) is 14.5 Å². The number of aliphatic hydroxyl groups excluding tert-OH is 2. The molecule has 9 nitrogen and oxygen atoms in total. The minimum atomic E-state index is -1.34. The molecule has 9 heteroatoms. The molecule has 176 valence electrons. The molecule has 1 aromatic carbocycles. The Kier molecular flexibility index (Phi) is 6.75. The number of aromatic nitrogens is 2. The summed E-state index contributed by atoms with van der Waals surface area (Å²) in [6.07, 6.45) is 1.18. The Hall–Kier alpha value is -3.58. The zero-order valence-electron chi connectivity index (χ0n) is 18.9. The number of carbonyl (C=O) groups is 2. The van der Waals surface area contributed by atoms with Crippen LogP contribution in [0.25, 0.3) is 16.7 Å². The van der Waals surface area contributed by atoms with Gasteiger partial charge in [0, 0.05) is 37.1 Å². The van der Waals surface area contributed by atoms with Crippen molar-refractivity contribution in [2.24, 2.45) is 5.73 Å². The first-order valence-electron chi connectivity index (χ1n) is 11.2. The van der Waals surface area contributed by atoms with Crippen LogP contribution in [0.1, 0.15) is 40.0 Å². The van der Waals surface area contributed by atoms with E-state index >= 15 is 0 Å². The van der Waals surface area contributed by atoms with Crippen molar-refractivity contribution in [3.05, 3.63) is 58.9 Å². The van der Waals surface area contributed by atoms with Gasteiger partial charge < -0.3 is 20.5 Å². The molecular weight excluding hydrogens is 434 g/mol. The predicted molar refractivity (Wildman–Crippen MR) is 125 cm³/mol. The monoisotopic (exact) mass is 461 g/mol. The van der Waals surface area contributed by atoms with Gasteiger partial charge in [-0.2, -0.15) is 5.26 Å². The zero-order chi connectivity index (χ0) is 24.4. The fraction of sp³-hybridized carbons (Fsp3) is 0.360. The van der Waals surface area contributed by atoms with Crippen molar-refractivity contribution in [3.63, 3.8) is 0 Å². The molecule has 34 heavy (non-hydrogen) atoms. The summed E-state index contributed by atoms with van der Waals surface area (Å²) in [7, 11) is 0. The number of fused-ring (bicyclic) bond motifs is 1. The first-order chi connectivity index (χ1) is 16.3. The fourth-order valence-electron chi connectivity index (χ4n) is 4.47. The van der Waals surface area contributed by atoms with E-state index in [1.165, 1.54) is 0 Å². The molecule has 0 radical (unpaired) electrons. The Balaban J connectivity index is 1.78. The van der Waals surface area contributed by atoms with Gasteiger partial charge in [0.2, 0.25) is 5.91 Å². The highest BCUT2D eigenvalue weighted by Gasteiger charge is 2.26. The second-order valence-corrected chi connectivity index (χ2v) is 8.72. The summed E-state index contributed by atoms with van der Waals surface area (Å²) in [4.78, 5) is 31.3. The molecule has 1 aliphatic rings. The van der Waals surface area contributed by atoms with Crippen LogP contribution in [0.3, 0.4) is 0 Å². The SMILES string of the molecule is Cc1c(C(=O)CN2CCC(O)CC2)c2ncc(CC(O)C(N)=O)cc2n1-c1ccc(C#N)cc1. The van der Waals surface area contributed by atoms with E-state index in [1.807, 2.05) is 16.4 Å². The number of amides is 1. The number of nitrogens with zero attached hydrogens (tertiary/aromatic N) is 4. The number of likely N-dealkylation sites (tertiary alicyclic amines) is 1. The Bertz CT molecular complexity index is 1270. The van der Waals surface area contributed by atoms with Crippen molar-refractivity contribution in [2.45, 2.75) is 38.4 Å². The van der Waals surface area contributed by atoms with Gasteiger partial charge in [0.1, 0.15) is 6.10 Å². The number of primary amides is 1. The molecule has 0 spiro atoms. The van der Waals surface area contributed by atoms with Crippen LogP contribution in [-0.4, -0.2) is 68.2 Å². The van der Waals surface area contributed by atoms with Gasteiger partial charge in [-0.1, -0.05) is 0 Å². The van der Waals surface area contributed by atoms with Crippen molar-refractivity contribution in [2.75, 3.05) is 19.6 Å². The summed E-state index contributed by atoms with van der Waals surface area (Å²) in [6.45, 7) is 3.39. The molecule has 1 atom stereocenters. The lowest BCUT2D eigenvalue weighted by Crippen LogP contribution is -2.39. The summed E-state index contributed by atoms with van der Waals surface area (Å²) in [5, 5.41) is 28.8. The summed E-state index contributed by atoms with van der Waals surface area (Å²) in [5.74, 6) is -0.884. The zero-order valence-corrected chi connectivity index (χ0v) is 18.9. The lowest BCUT2D eigenvalue weighted by molar-refractivity contribution is -0.125. The number of piperidine rings is 1. The average molecular weight is 462 g/mol. The smallest absolute Gasteiger partial charge is 0.246 e. The maximum atomic E-state index is 13.4. The average Bonchev–Trinajstić information content (AvgIpc) is 3.11. The highest BCUT2D eigenvalue weighted by molar-refractivity contribution is 6.09. The number of hydrogen-bond acceptors (Lipinski definition) is 7. The van der Waals surface area contributed by atoms with Crippen LogP contribution in [0.2, 0.25) is 0 Å². The molecule has 0 aliphatic carbocycles. The highest BCUT2D eigenvalue weighted by atomic mass is 16.3. The summed E-state index contributed by atoms with van der Waals surface area (Å²) >= 11 is 0. The number of benzene rings is 1. The lowest BCUT2D eigenvalue weighted by Gasteiger charge is -2.28. The van der Waals surface area contributed by atoms with Crippen LogP contribution in [0.4, 0.5) is 0 Å². The maximum absolute atomic E-state index is 13.4. The minimum absolute atomic E-state index is 0.00918. The molecule has 1 aliphatic heterocycles. The van der Waals surface area contributed by atoms with E-state index in [1.54, 1.807) is 36.5 Å². The minimum Gasteiger partial charge on any atom is -0.393 e. The number of nitriles is 1. The number of Topliss-reactive ketones (excluding diaryl/α,β-unsaturated/α-hetero) is 1. The van der Waals surface area contributed by atoms with Crippen molar-refractivity contribution < 1.29 is 19.8 Å². The van der Waals surface area contributed by atoms with Crippen molar-refractivity contribution >= 4 is 22.7 Å². The second kappa shape index (κ2) is 9.73. The molecule has 1 saturated heterocycles. The lowest BCUT2D eigenvalue weighted by atomic mass is 10.0. The number of hydrogen-bond donors (Lipinski definition) is 3. The molecule has 1 unspecified atom stereocenters. The number of aliphatic hydroxyl groups is 2. The van der Waals surface area contributed by atoms with Crippen LogP contribution in [0.5, 0.6) is 0 Å². The van der Waals surface area contributed by atoms with E-state index < -0.39 is 12.0 Å². The van der Waals surface area contributed by atoms with E-state index in [4.69, 9.17) is 11.0 Å². The van der Waals surface area contributed by atoms with E-state index in [2.05, 4.69) is 11.1 Å². The molecular formula is C25H27N5O4. The number of pyridine rings is 1. The largest absolute Gasteiger partial charge is 0.393 e. The Morgan fingerprint density at radius 2 is 1.94 bits per heavy atom. The number of carbonyl (C=O) groups excluding carboxylic acids is 2. The maximum Gasteiger partial charge on any atom is 0.246 e. The first-order valence-corrected chi connectivity index (χ1v) is 11.2.